The lowest BCUT2D eigenvalue weighted by molar-refractivity contribution is -0.143. The van der Waals surface area contributed by atoms with Gasteiger partial charge in [0.1, 0.15) is 6.54 Å². The number of carbonyl (C=O) groups excluding carboxylic acids is 2. The second-order valence-corrected chi connectivity index (χ2v) is 10.3. The van der Waals surface area contributed by atoms with Crippen molar-refractivity contribution < 1.29 is 32.6 Å². The molecule has 188 valence electrons. The number of esters is 1. The number of amides is 2. The molecule has 0 saturated carbocycles. The SMILES string of the molecule is CCOC(=O)Cn1c(C)c(Cc2ccccc2S(=O)(=O)c2ccccc2)c2c1CCN(C(=O)O)C2=O. The van der Waals surface area contributed by atoms with E-state index < -0.39 is 27.8 Å². The van der Waals surface area contributed by atoms with E-state index in [-0.39, 0.29) is 47.9 Å². The average Bonchev–Trinajstić information content (AvgIpc) is 3.11. The van der Waals surface area contributed by atoms with Gasteiger partial charge in [0.15, 0.2) is 0 Å². The first-order valence-corrected chi connectivity index (χ1v) is 12.9. The summed E-state index contributed by atoms with van der Waals surface area (Å²) in [5, 5.41) is 9.53. The molecule has 1 aromatic heterocycles. The number of imide groups is 1. The van der Waals surface area contributed by atoms with Gasteiger partial charge < -0.3 is 14.4 Å². The summed E-state index contributed by atoms with van der Waals surface area (Å²) in [7, 11) is -3.85. The summed E-state index contributed by atoms with van der Waals surface area (Å²) in [5.74, 6) is -1.17. The van der Waals surface area contributed by atoms with E-state index in [0.29, 0.717) is 22.5 Å². The molecule has 1 aliphatic heterocycles. The van der Waals surface area contributed by atoms with Crippen LogP contribution in [-0.2, 0) is 38.8 Å². The first-order chi connectivity index (χ1) is 17.2. The van der Waals surface area contributed by atoms with Crippen LogP contribution < -0.4 is 0 Å². The molecule has 0 spiro atoms. The van der Waals surface area contributed by atoms with Gasteiger partial charge in [-0.15, -0.1) is 0 Å². The fraction of sp³-hybridized carbons (Fsp3) is 0.269. The van der Waals surface area contributed by atoms with Crippen molar-refractivity contribution in [2.75, 3.05) is 13.2 Å². The topological polar surface area (TPSA) is 123 Å². The average molecular weight is 511 g/mol. The number of carboxylic acid groups (broad SMARTS) is 1. The highest BCUT2D eigenvalue weighted by Gasteiger charge is 2.36. The molecule has 0 fully saturated rings. The Hall–Kier alpha value is -3.92. The Morgan fingerprint density at radius 1 is 1.06 bits per heavy atom. The van der Waals surface area contributed by atoms with E-state index in [2.05, 4.69) is 0 Å². The number of ether oxygens (including phenoxy) is 1. The number of nitrogens with zero attached hydrogens (tertiary/aromatic N) is 2. The summed E-state index contributed by atoms with van der Waals surface area (Å²) >= 11 is 0. The highest BCUT2D eigenvalue weighted by molar-refractivity contribution is 7.91. The van der Waals surface area contributed by atoms with Gasteiger partial charge in [0.25, 0.3) is 5.91 Å². The molecule has 0 atom stereocenters. The van der Waals surface area contributed by atoms with Crippen LogP contribution in [0.25, 0.3) is 0 Å². The zero-order valence-electron chi connectivity index (χ0n) is 19.9. The smallest absolute Gasteiger partial charge is 0.414 e. The van der Waals surface area contributed by atoms with Crippen LogP contribution in [0.1, 0.15) is 39.8 Å². The largest absolute Gasteiger partial charge is 0.465 e. The molecule has 2 heterocycles. The van der Waals surface area contributed by atoms with Gasteiger partial charge in [0.05, 0.1) is 22.0 Å². The molecule has 1 aliphatic rings. The van der Waals surface area contributed by atoms with Crippen LogP contribution >= 0.6 is 0 Å². The Morgan fingerprint density at radius 2 is 1.72 bits per heavy atom. The van der Waals surface area contributed by atoms with Crippen molar-refractivity contribution in [3.05, 3.63) is 82.7 Å². The Balaban J connectivity index is 1.85. The van der Waals surface area contributed by atoms with Gasteiger partial charge in [-0.2, -0.15) is 0 Å². The molecule has 0 aliphatic carbocycles. The van der Waals surface area contributed by atoms with Crippen LogP contribution in [0.2, 0.25) is 0 Å². The number of carbonyl (C=O) groups is 3. The van der Waals surface area contributed by atoms with Crippen molar-refractivity contribution in [3.8, 4) is 0 Å². The van der Waals surface area contributed by atoms with E-state index >= 15 is 0 Å². The van der Waals surface area contributed by atoms with Gasteiger partial charge in [-0.3, -0.25) is 9.59 Å². The molecule has 0 radical (unpaired) electrons. The summed E-state index contributed by atoms with van der Waals surface area (Å²) in [6.45, 7) is 3.46. The molecule has 36 heavy (non-hydrogen) atoms. The van der Waals surface area contributed by atoms with Gasteiger partial charge in [0, 0.05) is 30.8 Å². The number of sulfone groups is 1. The maximum Gasteiger partial charge on any atom is 0.414 e. The Kier molecular flexibility index (Phi) is 6.98. The number of hydrogen-bond donors (Lipinski definition) is 1. The molecular formula is C26H26N2O7S. The quantitative estimate of drug-likeness (QED) is 0.483. The maximum absolute atomic E-state index is 13.4. The third kappa shape index (κ3) is 4.51. The predicted molar refractivity (Wildman–Crippen MR) is 130 cm³/mol. The minimum Gasteiger partial charge on any atom is -0.465 e. The monoisotopic (exact) mass is 510 g/mol. The van der Waals surface area contributed by atoms with Crippen LogP contribution in [0.15, 0.2) is 64.4 Å². The Morgan fingerprint density at radius 3 is 2.39 bits per heavy atom. The molecule has 0 saturated heterocycles. The van der Waals surface area contributed by atoms with Gasteiger partial charge >= 0.3 is 12.1 Å². The molecule has 2 aromatic carbocycles. The van der Waals surface area contributed by atoms with E-state index in [9.17, 15) is 27.9 Å². The van der Waals surface area contributed by atoms with Crippen molar-refractivity contribution in [1.82, 2.24) is 9.47 Å². The van der Waals surface area contributed by atoms with Crippen LogP contribution in [0.3, 0.4) is 0 Å². The molecule has 3 aromatic rings. The Labute approximate surface area is 208 Å². The minimum absolute atomic E-state index is 0.0359. The van der Waals surface area contributed by atoms with E-state index in [1.807, 2.05) is 0 Å². The summed E-state index contributed by atoms with van der Waals surface area (Å²) in [5.41, 5.74) is 2.26. The van der Waals surface area contributed by atoms with Crippen molar-refractivity contribution in [2.45, 2.75) is 43.0 Å². The number of aromatic nitrogens is 1. The van der Waals surface area contributed by atoms with E-state index in [4.69, 9.17) is 4.74 Å². The summed E-state index contributed by atoms with van der Waals surface area (Å²) in [6, 6.07) is 14.6. The fourth-order valence-electron chi connectivity index (χ4n) is 4.60. The molecule has 0 unspecified atom stereocenters. The van der Waals surface area contributed by atoms with Gasteiger partial charge in [0.2, 0.25) is 9.84 Å². The molecule has 4 rings (SSSR count). The van der Waals surface area contributed by atoms with Gasteiger partial charge in [-0.25, -0.2) is 18.1 Å². The maximum atomic E-state index is 13.4. The third-order valence-electron chi connectivity index (χ3n) is 6.30. The fourth-order valence-corrected chi connectivity index (χ4v) is 6.11. The standard InChI is InChI=1S/C26H26N2O7S/c1-3-35-23(29)16-28-17(2)20(24-21(28)13-14-27(25(24)30)26(31)32)15-18-9-7-8-12-22(18)36(33,34)19-10-5-4-6-11-19/h4-12H,3,13-16H2,1-2H3,(H,31,32). The Bertz CT molecular complexity index is 1440. The first kappa shape index (κ1) is 25.2. The highest BCUT2D eigenvalue weighted by atomic mass is 32.2. The first-order valence-electron chi connectivity index (χ1n) is 11.5. The predicted octanol–water partition coefficient (Wildman–Crippen LogP) is 3.46. The van der Waals surface area contributed by atoms with Crippen molar-refractivity contribution in [1.29, 1.82) is 0 Å². The van der Waals surface area contributed by atoms with E-state index in [1.165, 1.54) is 18.2 Å². The number of fused-ring (bicyclic) bond motifs is 1. The zero-order chi connectivity index (χ0) is 26.0. The van der Waals surface area contributed by atoms with Crippen molar-refractivity contribution >= 4 is 27.8 Å². The molecular weight excluding hydrogens is 484 g/mol. The summed E-state index contributed by atoms with van der Waals surface area (Å²) in [4.78, 5) is 38.2. The van der Waals surface area contributed by atoms with Crippen LogP contribution in [-0.4, -0.2) is 54.1 Å². The second kappa shape index (κ2) is 9.98. The van der Waals surface area contributed by atoms with E-state index in [0.717, 1.165) is 4.90 Å². The number of rotatable bonds is 7. The lowest BCUT2D eigenvalue weighted by Crippen LogP contribution is -2.41. The normalized spacial score (nSPS) is 13.4. The minimum atomic E-state index is -3.85. The van der Waals surface area contributed by atoms with Gasteiger partial charge in [-0.05, 0) is 43.2 Å². The summed E-state index contributed by atoms with van der Waals surface area (Å²) in [6.07, 6.45) is -1.07. The van der Waals surface area contributed by atoms with Gasteiger partial charge in [-0.1, -0.05) is 36.4 Å². The van der Waals surface area contributed by atoms with Crippen LogP contribution in [0, 0.1) is 6.92 Å². The molecule has 0 bridgehead atoms. The van der Waals surface area contributed by atoms with Crippen LogP contribution in [0.4, 0.5) is 4.79 Å². The van der Waals surface area contributed by atoms with Crippen molar-refractivity contribution in [2.24, 2.45) is 0 Å². The number of benzene rings is 2. The number of hydrogen-bond acceptors (Lipinski definition) is 6. The molecule has 10 heteroatoms. The zero-order valence-corrected chi connectivity index (χ0v) is 20.7. The summed E-state index contributed by atoms with van der Waals surface area (Å²) < 4.78 is 33.6. The molecule has 9 nitrogen and oxygen atoms in total. The molecule has 1 N–H and O–H groups in total. The third-order valence-corrected chi connectivity index (χ3v) is 8.17. The highest BCUT2D eigenvalue weighted by Crippen LogP contribution is 2.33. The van der Waals surface area contributed by atoms with Crippen LogP contribution in [0.5, 0.6) is 0 Å². The van der Waals surface area contributed by atoms with E-state index in [1.54, 1.807) is 54.8 Å². The lowest BCUT2D eigenvalue weighted by Gasteiger charge is -2.24. The lowest BCUT2D eigenvalue weighted by atomic mass is 9.97. The van der Waals surface area contributed by atoms with Crippen molar-refractivity contribution in [3.63, 3.8) is 0 Å². The molecule has 2 amide bonds. The second-order valence-electron chi connectivity index (χ2n) is 8.37.